The van der Waals surface area contributed by atoms with E-state index >= 15 is 0 Å². The van der Waals surface area contributed by atoms with Crippen LogP contribution in [0.5, 0.6) is 0 Å². The zero-order valence-electron chi connectivity index (χ0n) is 17.9. The highest BCUT2D eigenvalue weighted by Crippen LogP contribution is 2.67. The summed E-state index contributed by atoms with van der Waals surface area (Å²) in [5.74, 6) is 0.140. The van der Waals surface area contributed by atoms with Crippen molar-refractivity contribution >= 4 is 19.4 Å². The van der Waals surface area contributed by atoms with Crippen LogP contribution in [-0.4, -0.2) is 59.9 Å². The second-order valence-corrected chi connectivity index (χ2v) is 11.1. The van der Waals surface area contributed by atoms with Gasteiger partial charge < -0.3 is 30.0 Å². The summed E-state index contributed by atoms with van der Waals surface area (Å²) in [6.45, 7) is 3.46. The number of allylic oxidation sites excluding steroid dienone is 1. The van der Waals surface area contributed by atoms with Crippen molar-refractivity contribution in [3.8, 4) is 0 Å². The summed E-state index contributed by atoms with van der Waals surface area (Å²) in [7, 11) is -4.64. The Kier molecular flexibility index (Phi) is 6.48. The molecule has 6 N–H and O–H groups in total. The van der Waals surface area contributed by atoms with Gasteiger partial charge in [0.1, 0.15) is 12.2 Å². The number of phosphoric acid groups is 1. The molecule has 0 aromatic carbocycles. The number of carbonyl (C=O) groups excluding carboxylic acids is 2. The highest BCUT2D eigenvalue weighted by atomic mass is 31.2. The highest BCUT2D eigenvalue weighted by Gasteiger charge is 2.68. The number of Topliss-reactive ketones (excluding diaryl/α,β-unsaturated/α-hetero) is 1. The van der Waals surface area contributed by atoms with Crippen LogP contribution in [0.1, 0.15) is 58.8 Å². The van der Waals surface area contributed by atoms with Crippen LogP contribution in [-0.2, 0) is 14.2 Å². The van der Waals surface area contributed by atoms with E-state index in [1.807, 2.05) is 6.92 Å². The lowest BCUT2D eigenvalue weighted by molar-refractivity contribution is -0.182. The summed E-state index contributed by atoms with van der Waals surface area (Å²) < 4.78 is 8.88. The number of aliphatic hydroxyl groups excluding tert-OH is 2. The molecule has 7 atom stereocenters. The molecule has 3 saturated carbocycles. The lowest BCUT2D eigenvalue weighted by atomic mass is 9.45. The fourth-order valence-electron chi connectivity index (χ4n) is 7.28. The zero-order valence-corrected chi connectivity index (χ0v) is 18.8. The van der Waals surface area contributed by atoms with Crippen molar-refractivity contribution in [2.45, 2.75) is 70.5 Å². The van der Waals surface area contributed by atoms with Crippen molar-refractivity contribution < 1.29 is 44.2 Å². The Morgan fingerprint density at radius 1 is 1.16 bits per heavy atom. The minimum atomic E-state index is -4.64. The van der Waals surface area contributed by atoms with Gasteiger partial charge in [0.15, 0.2) is 11.6 Å². The van der Waals surface area contributed by atoms with Gasteiger partial charge in [-0.15, -0.1) is 0 Å². The largest absolute Gasteiger partial charge is 0.466 e. The molecular formula is C21H33O9P. The molecule has 0 aromatic heterocycles. The summed E-state index contributed by atoms with van der Waals surface area (Å²) in [6, 6.07) is 0. The Labute approximate surface area is 181 Å². The van der Waals surface area contributed by atoms with E-state index in [1.165, 1.54) is 5.57 Å². The molecule has 4 aliphatic carbocycles. The summed E-state index contributed by atoms with van der Waals surface area (Å²) in [6.07, 6.45) is 5.74. The van der Waals surface area contributed by atoms with Crippen molar-refractivity contribution in [1.29, 1.82) is 0 Å². The van der Waals surface area contributed by atoms with E-state index in [0.717, 1.165) is 25.7 Å². The molecular weight excluding hydrogens is 427 g/mol. The zero-order chi connectivity index (χ0) is 23.4. The number of hydrogen-bond donors (Lipinski definition) is 6. The Morgan fingerprint density at radius 2 is 1.77 bits per heavy atom. The van der Waals surface area contributed by atoms with E-state index < -0.39 is 37.3 Å². The first-order valence-corrected chi connectivity index (χ1v) is 12.3. The average Bonchev–Trinajstić information content (AvgIpc) is 2.91. The molecule has 0 spiro atoms. The molecule has 0 saturated heterocycles. The molecule has 0 bridgehead atoms. The molecule has 0 unspecified atom stereocenters. The number of aliphatic hydroxyl groups is 3. The second kappa shape index (κ2) is 8.13. The third-order valence-corrected chi connectivity index (χ3v) is 8.65. The quantitative estimate of drug-likeness (QED) is 0.327. The van der Waals surface area contributed by atoms with Gasteiger partial charge >= 0.3 is 7.82 Å². The first-order chi connectivity index (χ1) is 14.2. The van der Waals surface area contributed by atoms with Crippen molar-refractivity contribution in [1.82, 2.24) is 0 Å². The SMILES string of the molecule is C[C@]12CCC(=O)C=C1CC[C@@H]1[C@@H]2[C@@H](O)C[C@@]2(C)[C@H]1CC[C@]2(O)C(=O)CO.O=P(O)(O)O. The molecule has 10 heteroatoms. The maximum absolute atomic E-state index is 12.4. The van der Waals surface area contributed by atoms with E-state index in [0.29, 0.717) is 19.3 Å². The first-order valence-electron chi connectivity index (χ1n) is 10.7. The van der Waals surface area contributed by atoms with E-state index in [-0.39, 0.29) is 29.0 Å². The smallest absolute Gasteiger partial charge is 0.393 e. The van der Waals surface area contributed by atoms with Crippen LogP contribution in [0.4, 0.5) is 0 Å². The molecule has 0 aromatic rings. The number of carbonyl (C=O) groups is 2. The monoisotopic (exact) mass is 460 g/mol. The van der Waals surface area contributed by atoms with Gasteiger partial charge in [0.2, 0.25) is 0 Å². The molecule has 9 nitrogen and oxygen atoms in total. The van der Waals surface area contributed by atoms with Gasteiger partial charge in [0.25, 0.3) is 0 Å². The second-order valence-electron chi connectivity index (χ2n) is 10.1. The van der Waals surface area contributed by atoms with Crippen LogP contribution in [0, 0.1) is 28.6 Å². The molecule has 0 amide bonds. The summed E-state index contributed by atoms with van der Waals surface area (Å²) >= 11 is 0. The molecule has 0 aliphatic heterocycles. The fourth-order valence-corrected chi connectivity index (χ4v) is 7.28. The van der Waals surface area contributed by atoms with E-state index in [1.54, 1.807) is 6.08 Å². The van der Waals surface area contributed by atoms with Gasteiger partial charge in [0, 0.05) is 11.8 Å². The van der Waals surface area contributed by atoms with Crippen LogP contribution in [0.2, 0.25) is 0 Å². The van der Waals surface area contributed by atoms with Crippen LogP contribution in [0.3, 0.4) is 0 Å². The summed E-state index contributed by atoms with van der Waals surface area (Å²) in [5, 5.41) is 31.7. The molecule has 0 heterocycles. The fraction of sp³-hybridized carbons (Fsp3) is 0.810. The summed E-state index contributed by atoms with van der Waals surface area (Å²) in [4.78, 5) is 45.8. The van der Waals surface area contributed by atoms with E-state index in [9.17, 15) is 24.9 Å². The lowest BCUT2D eigenvalue weighted by Crippen LogP contribution is -2.62. The van der Waals surface area contributed by atoms with Crippen molar-refractivity contribution in [2.24, 2.45) is 28.6 Å². The van der Waals surface area contributed by atoms with Gasteiger partial charge in [-0.2, -0.15) is 0 Å². The lowest BCUT2D eigenvalue weighted by Gasteiger charge is -2.60. The number of fused-ring (bicyclic) bond motifs is 5. The number of rotatable bonds is 2. The van der Waals surface area contributed by atoms with E-state index in [4.69, 9.17) is 19.2 Å². The van der Waals surface area contributed by atoms with Gasteiger partial charge in [-0.25, -0.2) is 4.57 Å². The average molecular weight is 460 g/mol. The van der Waals surface area contributed by atoms with Crippen LogP contribution in [0.25, 0.3) is 0 Å². The molecule has 3 fully saturated rings. The van der Waals surface area contributed by atoms with Crippen LogP contribution >= 0.6 is 7.82 Å². The normalized spacial score (nSPS) is 44.3. The number of ketones is 2. The van der Waals surface area contributed by atoms with Crippen molar-refractivity contribution in [3.63, 3.8) is 0 Å². The predicted molar refractivity (Wildman–Crippen MR) is 109 cm³/mol. The Bertz CT molecular complexity index is 826. The summed E-state index contributed by atoms with van der Waals surface area (Å²) in [5.41, 5.74) is -1.23. The molecule has 31 heavy (non-hydrogen) atoms. The van der Waals surface area contributed by atoms with E-state index in [2.05, 4.69) is 6.92 Å². The maximum Gasteiger partial charge on any atom is 0.466 e. The minimum Gasteiger partial charge on any atom is -0.393 e. The number of hydrogen-bond acceptors (Lipinski definition) is 6. The maximum atomic E-state index is 12.4. The molecule has 176 valence electrons. The van der Waals surface area contributed by atoms with Crippen LogP contribution < -0.4 is 0 Å². The van der Waals surface area contributed by atoms with Gasteiger partial charge in [-0.3, -0.25) is 9.59 Å². The first kappa shape index (κ1) is 24.7. The molecule has 4 aliphatic rings. The molecule has 0 radical (unpaired) electrons. The van der Waals surface area contributed by atoms with Crippen LogP contribution in [0.15, 0.2) is 11.6 Å². The van der Waals surface area contributed by atoms with Gasteiger partial charge in [-0.05, 0) is 67.8 Å². The Balaban J connectivity index is 0.000000491. The Hall–Kier alpha value is -0.930. The van der Waals surface area contributed by atoms with Crippen molar-refractivity contribution in [2.75, 3.05) is 6.61 Å². The van der Waals surface area contributed by atoms with Gasteiger partial charge in [-0.1, -0.05) is 19.4 Å². The standard InChI is InChI=1S/C21H30O5.H3O4P/c1-19-7-5-13(23)9-12(19)3-4-14-15-6-8-21(26,17(25)11-22)20(15,2)10-16(24)18(14)19;1-5(2,3)4/h9,14-16,18,22,24,26H,3-8,10-11H2,1-2H3;(H3,1,2,3,4)/t14-,15-,16-,18+,19-,20-,21-;/m0./s1. The third-order valence-electron chi connectivity index (χ3n) is 8.65. The Morgan fingerprint density at radius 3 is 2.35 bits per heavy atom. The third kappa shape index (κ3) is 4.10. The topological polar surface area (TPSA) is 173 Å². The van der Waals surface area contributed by atoms with Crippen molar-refractivity contribution in [3.05, 3.63) is 11.6 Å². The highest BCUT2D eigenvalue weighted by molar-refractivity contribution is 7.45. The van der Waals surface area contributed by atoms with Gasteiger partial charge in [0.05, 0.1) is 6.10 Å². The molecule has 4 rings (SSSR count). The minimum absolute atomic E-state index is 0.0697. The predicted octanol–water partition coefficient (Wildman–Crippen LogP) is 0.853.